The number of hydrogen-bond donors (Lipinski definition) is 1. The van der Waals surface area contributed by atoms with Gasteiger partial charge in [-0.2, -0.15) is 0 Å². The molecule has 0 amide bonds. The molecule has 0 aromatic heterocycles. The Balaban J connectivity index is 0.00000625. The molecule has 1 aromatic rings. The summed E-state index contributed by atoms with van der Waals surface area (Å²) in [6.07, 6.45) is -0.637. The van der Waals surface area contributed by atoms with Gasteiger partial charge >= 0.3 is 17.9 Å². The predicted octanol–water partition coefficient (Wildman–Crippen LogP) is 2.95. The zero-order chi connectivity index (χ0) is 19.2. The molecule has 0 aliphatic heterocycles. The van der Waals surface area contributed by atoms with E-state index >= 15 is 0 Å². The van der Waals surface area contributed by atoms with Crippen molar-refractivity contribution in [3.63, 3.8) is 0 Å². The third-order valence-corrected chi connectivity index (χ3v) is 2.92. The molecule has 26 heavy (non-hydrogen) atoms. The topological polar surface area (TPSA) is 90.9 Å². The molecule has 0 heterocycles. The predicted molar refractivity (Wildman–Crippen MR) is 98.6 cm³/mol. The first kappa shape index (κ1) is 23.9. The number of carbonyl (C=O) groups is 3. The summed E-state index contributed by atoms with van der Waals surface area (Å²) in [5, 5.41) is 3.25. The van der Waals surface area contributed by atoms with E-state index in [4.69, 9.17) is 14.2 Å². The molecule has 0 bridgehead atoms. The number of benzene rings is 1. The van der Waals surface area contributed by atoms with E-state index in [1.165, 1.54) is 26.8 Å². The van der Waals surface area contributed by atoms with Crippen molar-refractivity contribution in [1.29, 1.82) is 0 Å². The second kappa shape index (κ2) is 10.1. The lowest BCUT2D eigenvalue weighted by Gasteiger charge is -2.25. The van der Waals surface area contributed by atoms with Crippen LogP contribution in [0.4, 0.5) is 0 Å². The Morgan fingerprint density at radius 3 is 1.73 bits per heavy atom. The minimum absolute atomic E-state index is 0. The fourth-order valence-corrected chi connectivity index (χ4v) is 2.06. The minimum Gasteiger partial charge on any atom is -0.456 e. The summed E-state index contributed by atoms with van der Waals surface area (Å²) in [5.41, 5.74) is 0.354. The Morgan fingerprint density at radius 2 is 1.38 bits per heavy atom. The fraction of sp³-hybridized carbons (Fsp3) is 0.500. The van der Waals surface area contributed by atoms with Crippen molar-refractivity contribution in [1.82, 2.24) is 5.32 Å². The van der Waals surface area contributed by atoms with Gasteiger partial charge in [-0.1, -0.05) is 0 Å². The van der Waals surface area contributed by atoms with Gasteiger partial charge in [0.15, 0.2) is 0 Å². The molecule has 1 aromatic carbocycles. The van der Waals surface area contributed by atoms with E-state index in [0.29, 0.717) is 12.1 Å². The Hall–Kier alpha value is -2.12. The third-order valence-electron chi connectivity index (χ3n) is 2.92. The summed E-state index contributed by atoms with van der Waals surface area (Å²) in [6, 6.07) is 4.58. The van der Waals surface area contributed by atoms with Crippen LogP contribution in [0, 0.1) is 0 Å². The van der Waals surface area contributed by atoms with E-state index in [1.807, 2.05) is 20.8 Å². The van der Waals surface area contributed by atoms with Gasteiger partial charge in [0, 0.05) is 44.5 Å². The van der Waals surface area contributed by atoms with Crippen molar-refractivity contribution in [2.75, 3.05) is 6.54 Å². The summed E-state index contributed by atoms with van der Waals surface area (Å²) < 4.78 is 15.5. The number of carbonyl (C=O) groups excluding carboxylic acids is 3. The molecule has 0 radical (unpaired) electrons. The Labute approximate surface area is 159 Å². The van der Waals surface area contributed by atoms with Crippen LogP contribution in [0.1, 0.15) is 53.2 Å². The summed E-state index contributed by atoms with van der Waals surface area (Å²) in [7, 11) is 0. The second-order valence-electron chi connectivity index (χ2n) is 6.65. The number of hydrogen-bond acceptors (Lipinski definition) is 7. The molecule has 1 N–H and O–H groups in total. The maximum Gasteiger partial charge on any atom is 0.308 e. The molecule has 8 heteroatoms. The SMILES string of the molecule is CC(=O)Oc1cc(OC(C)=O)cc(C(CNC(C)(C)C)OC(C)=O)c1.Cl. The second-order valence-corrected chi connectivity index (χ2v) is 6.65. The van der Waals surface area contributed by atoms with Crippen LogP contribution >= 0.6 is 12.4 Å². The van der Waals surface area contributed by atoms with E-state index in [-0.39, 0.29) is 29.4 Å². The van der Waals surface area contributed by atoms with Crippen molar-refractivity contribution in [2.24, 2.45) is 0 Å². The minimum atomic E-state index is -0.637. The standard InChI is InChI=1S/C18H25NO6.ClH/c1-11(20)23-15-7-14(8-16(9-15)24-12(2)21)17(25-13(3)22)10-19-18(4,5)6;/h7-9,17,19H,10H2,1-6H3;1H. The molecule has 0 saturated carbocycles. The number of ether oxygens (including phenoxy) is 3. The zero-order valence-electron chi connectivity index (χ0n) is 15.9. The van der Waals surface area contributed by atoms with Crippen molar-refractivity contribution in [3.05, 3.63) is 23.8 Å². The number of halogens is 1. The molecule has 0 aliphatic rings. The first-order chi connectivity index (χ1) is 11.5. The average Bonchev–Trinajstić information content (AvgIpc) is 2.40. The highest BCUT2D eigenvalue weighted by Crippen LogP contribution is 2.29. The molecule has 1 rings (SSSR count). The van der Waals surface area contributed by atoms with Gasteiger partial charge in [-0.05, 0) is 32.9 Å². The average molecular weight is 388 g/mol. The van der Waals surface area contributed by atoms with Crippen LogP contribution < -0.4 is 14.8 Å². The van der Waals surface area contributed by atoms with Gasteiger partial charge in [0.2, 0.25) is 0 Å². The summed E-state index contributed by atoms with van der Waals surface area (Å²) >= 11 is 0. The van der Waals surface area contributed by atoms with Crippen molar-refractivity contribution < 1.29 is 28.6 Å². The molecular weight excluding hydrogens is 362 g/mol. The molecular formula is C18H26ClNO6. The van der Waals surface area contributed by atoms with E-state index in [2.05, 4.69) is 5.32 Å². The smallest absolute Gasteiger partial charge is 0.308 e. The summed E-state index contributed by atoms with van der Waals surface area (Å²) in [4.78, 5) is 33.9. The van der Waals surface area contributed by atoms with E-state index < -0.39 is 24.0 Å². The maximum atomic E-state index is 11.5. The van der Waals surface area contributed by atoms with Crippen LogP contribution in [0.2, 0.25) is 0 Å². The molecule has 146 valence electrons. The van der Waals surface area contributed by atoms with Gasteiger partial charge in [-0.25, -0.2) is 0 Å². The molecule has 7 nitrogen and oxygen atoms in total. The summed E-state index contributed by atoms with van der Waals surface area (Å²) in [5.74, 6) is -1.07. The molecule has 0 spiro atoms. The lowest BCUT2D eigenvalue weighted by molar-refractivity contribution is -0.146. The van der Waals surface area contributed by atoms with E-state index in [1.54, 1.807) is 12.1 Å². The summed E-state index contributed by atoms with van der Waals surface area (Å²) in [6.45, 7) is 10.1. The number of esters is 3. The number of rotatable bonds is 6. The highest BCUT2D eigenvalue weighted by molar-refractivity contribution is 5.85. The van der Waals surface area contributed by atoms with E-state index in [9.17, 15) is 14.4 Å². The molecule has 0 aliphatic carbocycles. The van der Waals surface area contributed by atoms with Crippen molar-refractivity contribution in [2.45, 2.75) is 53.2 Å². The Morgan fingerprint density at radius 1 is 0.923 bits per heavy atom. The lowest BCUT2D eigenvalue weighted by Crippen LogP contribution is -2.39. The molecule has 1 unspecified atom stereocenters. The first-order valence-electron chi connectivity index (χ1n) is 7.90. The van der Waals surface area contributed by atoms with Gasteiger partial charge in [0.1, 0.15) is 17.6 Å². The molecule has 0 saturated heterocycles. The first-order valence-corrected chi connectivity index (χ1v) is 7.90. The van der Waals surface area contributed by atoms with Crippen LogP contribution in [-0.2, 0) is 19.1 Å². The Kier molecular flexibility index (Phi) is 9.31. The van der Waals surface area contributed by atoms with E-state index in [0.717, 1.165) is 0 Å². The zero-order valence-corrected chi connectivity index (χ0v) is 16.7. The van der Waals surface area contributed by atoms with Crippen LogP contribution in [0.15, 0.2) is 18.2 Å². The van der Waals surface area contributed by atoms with Crippen LogP contribution in [-0.4, -0.2) is 30.0 Å². The quantitative estimate of drug-likeness (QED) is 0.592. The van der Waals surface area contributed by atoms with Crippen LogP contribution in [0.5, 0.6) is 11.5 Å². The highest BCUT2D eigenvalue weighted by Gasteiger charge is 2.21. The molecule has 0 fully saturated rings. The Bertz CT molecular complexity index is 619. The van der Waals surface area contributed by atoms with Gasteiger partial charge in [0.05, 0.1) is 0 Å². The normalized spacial score (nSPS) is 11.8. The van der Waals surface area contributed by atoms with Crippen LogP contribution in [0.25, 0.3) is 0 Å². The van der Waals surface area contributed by atoms with Crippen molar-refractivity contribution in [3.8, 4) is 11.5 Å². The highest BCUT2D eigenvalue weighted by atomic mass is 35.5. The number of nitrogens with one attached hydrogen (secondary N) is 1. The maximum absolute atomic E-state index is 11.5. The largest absolute Gasteiger partial charge is 0.456 e. The lowest BCUT2D eigenvalue weighted by atomic mass is 10.1. The van der Waals surface area contributed by atoms with Crippen LogP contribution in [0.3, 0.4) is 0 Å². The third kappa shape index (κ3) is 9.39. The van der Waals surface area contributed by atoms with Gasteiger partial charge in [-0.15, -0.1) is 12.4 Å². The fourth-order valence-electron chi connectivity index (χ4n) is 2.06. The van der Waals surface area contributed by atoms with Crippen molar-refractivity contribution >= 4 is 30.3 Å². The molecule has 1 atom stereocenters. The monoisotopic (exact) mass is 387 g/mol. The van der Waals surface area contributed by atoms with Gasteiger partial charge in [0.25, 0.3) is 0 Å². The van der Waals surface area contributed by atoms with Gasteiger partial charge < -0.3 is 19.5 Å². The van der Waals surface area contributed by atoms with Gasteiger partial charge in [-0.3, -0.25) is 14.4 Å².